The second-order valence-corrected chi connectivity index (χ2v) is 6.38. The fourth-order valence-corrected chi connectivity index (χ4v) is 3.19. The number of nitrogens with one attached hydrogen (secondary N) is 1. The summed E-state index contributed by atoms with van der Waals surface area (Å²) in [7, 11) is 0. The van der Waals surface area contributed by atoms with Crippen LogP contribution in [0, 0.1) is 5.92 Å². The van der Waals surface area contributed by atoms with E-state index in [1.807, 2.05) is 6.33 Å². The number of hydrogen-bond donors (Lipinski definition) is 1. The fourth-order valence-electron chi connectivity index (χ4n) is 3.19. The summed E-state index contributed by atoms with van der Waals surface area (Å²) in [6, 6.07) is 1.67. The van der Waals surface area contributed by atoms with Crippen LogP contribution in [0.25, 0.3) is 0 Å². The van der Waals surface area contributed by atoms with Crippen molar-refractivity contribution in [3.05, 3.63) is 18.2 Å². The molecular weight excluding hydrogens is 234 g/mol. The topological polar surface area (TPSA) is 29.9 Å². The predicted molar refractivity (Wildman–Crippen MR) is 80.2 cm³/mol. The van der Waals surface area contributed by atoms with Crippen molar-refractivity contribution in [2.45, 2.75) is 77.9 Å². The highest BCUT2D eigenvalue weighted by atomic mass is 15.1. The molecule has 108 valence electrons. The lowest BCUT2D eigenvalue weighted by Crippen LogP contribution is -2.35. The SMILES string of the molecule is CCC(C)CC(C)n1cncc1C1CCCC(C)N1. The molecule has 1 aliphatic heterocycles. The van der Waals surface area contributed by atoms with Crippen LogP contribution in [-0.4, -0.2) is 15.6 Å². The molecule has 0 aliphatic carbocycles. The third-order valence-electron chi connectivity index (χ3n) is 4.58. The average Bonchev–Trinajstić information content (AvgIpc) is 2.87. The average molecular weight is 263 g/mol. The smallest absolute Gasteiger partial charge is 0.0951 e. The highest BCUT2D eigenvalue weighted by molar-refractivity contribution is 5.08. The number of imidazole rings is 1. The summed E-state index contributed by atoms with van der Waals surface area (Å²) in [6.45, 7) is 9.23. The molecule has 0 saturated carbocycles. The Labute approximate surface area is 117 Å². The van der Waals surface area contributed by atoms with Gasteiger partial charge in [-0.1, -0.05) is 20.3 Å². The summed E-state index contributed by atoms with van der Waals surface area (Å²) in [5.41, 5.74) is 1.38. The van der Waals surface area contributed by atoms with Crippen molar-refractivity contribution in [1.29, 1.82) is 0 Å². The molecule has 4 unspecified atom stereocenters. The maximum absolute atomic E-state index is 4.40. The van der Waals surface area contributed by atoms with E-state index in [1.54, 1.807) is 0 Å². The van der Waals surface area contributed by atoms with E-state index in [9.17, 15) is 0 Å². The molecule has 2 heterocycles. The zero-order chi connectivity index (χ0) is 13.8. The molecule has 4 atom stereocenters. The Bertz CT molecular complexity index is 385. The Hall–Kier alpha value is -0.830. The van der Waals surface area contributed by atoms with Gasteiger partial charge >= 0.3 is 0 Å². The molecule has 3 nitrogen and oxygen atoms in total. The van der Waals surface area contributed by atoms with Gasteiger partial charge in [-0.15, -0.1) is 0 Å². The first kappa shape index (κ1) is 14.6. The van der Waals surface area contributed by atoms with Crippen LogP contribution >= 0.6 is 0 Å². The van der Waals surface area contributed by atoms with E-state index >= 15 is 0 Å². The van der Waals surface area contributed by atoms with Gasteiger partial charge in [0.2, 0.25) is 0 Å². The van der Waals surface area contributed by atoms with E-state index in [0.717, 1.165) is 5.92 Å². The molecule has 1 fully saturated rings. The summed E-state index contributed by atoms with van der Waals surface area (Å²) < 4.78 is 2.39. The van der Waals surface area contributed by atoms with Gasteiger partial charge in [0.1, 0.15) is 0 Å². The first-order chi connectivity index (χ1) is 9.11. The summed E-state index contributed by atoms with van der Waals surface area (Å²) in [5, 5.41) is 3.72. The molecule has 1 aliphatic rings. The van der Waals surface area contributed by atoms with E-state index in [1.165, 1.54) is 37.8 Å². The van der Waals surface area contributed by atoms with Crippen LogP contribution in [0.1, 0.15) is 77.6 Å². The number of hydrogen-bond acceptors (Lipinski definition) is 2. The minimum atomic E-state index is 0.491. The van der Waals surface area contributed by atoms with Gasteiger partial charge in [0.05, 0.1) is 12.0 Å². The van der Waals surface area contributed by atoms with E-state index in [4.69, 9.17) is 0 Å². The summed E-state index contributed by atoms with van der Waals surface area (Å²) >= 11 is 0. The molecule has 0 amide bonds. The van der Waals surface area contributed by atoms with Crippen molar-refractivity contribution in [3.8, 4) is 0 Å². The van der Waals surface area contributed by atoms with Crippen molar-refractivity contribution in [3.63, 3.8) is 0 Å². The first-order valence-electron chi connectivity index (χ1n) is 7.89. The third-order valence-corrected chi connectivity index (χ3v) is 4.58. The third kappa shape index (κ3) is 3.59. The second-order valence-electron chi connectivity index (χ2n) is 6.38. The minimum Gasteiger partial charge on any atom is -0.330 e. The molecule has 1 saturated heterocycles. The van der Waals surface area contributed by atoms with Crippen molar-refractivity contribution < 1.29 is 0 Å². The normalized spacial score (nSPS) is 27.2. The van der Waals surface area contributed by atoms with Crippen LogP contribution < -0.4 is 5.32 Å². The highest BCUT2D eigenvalue weighted by Crippen LogP contribution is 2.29. The lowest BCUT2D eigenvalue weighted by Gasteiger charge is -2.31. The van der Waals surface area contributed by atoms with E-state index < -0.39 is 0 Å². The van der Waals surface area contributed by atoms with Crippen LogP contribution in [-0.2, 0) is 0 Å². The van der Waals surface area contributed by atoms with Crippen molar-refractivity contribution in [2.24, 2.45) is 5.92 Å². The maximum Gasteiger partial charge on any atom is 0.0951 e. The van der Waals surface area contributed by atoms with Gasteiger partial charge in [0, 0.05) is 24.3 Å². The standard InChI is InChI=1S/C16H29N3/c1-5-12(2)9-14(4)19-11-17-10-16(19)15-8-6-7-13(3)18-15/h10-15,18H,5-9H2,1-4H3. The van der Waals surface area contributed by atoms with Gasteiger partial charge in [-0.05, 0) is 45.4 Å². The van der Waals surface area contributed by atoms with Gasteiger partial charge in [0.25, 0.3) is 0 Å². The monoisotopic (exact) mass is 263 g/mol. The zero-order valence-electron chi connectivity index (χ0n) is 12.9. The molecular formula is C16H29N3. The Kier molecular flexibility index (Phi) is 5.03. The quantitative estimate of drug-likeness (QED) is 0.867. The Morgan fingerprint density at radius 2 is 2.21 bits per heavy atom. The molecule has 0 spiro atoms. The molecule has 19 heavy (non-hydrogen) atoms. The summed E-state index contributed by atoms with van der Waals surface area (Å²) in [4.78, 5) is 4.40. The second kappa shape index (κ2) is 6.56. The number of piperidine rings is 1. The van der Waals surface area contributed by atoms with Crippen molar-refractivity contribution >= 4 is 0 Å². The molecule has 1 N–H and O–H groups in total. The van der Waals surface area contributed by atoms with Gasteiger partial charge in [-0.25, -0.2) is 4.98 Å². The number of nitrogens with zero attached hydrogens (tertiary/aromatic N) is 2. The number of aromatic nitrogens is 2. The Morgan fingerprint density at radius 3 is 2.89 bits per heavy atom. The molecule has 0 radical (unpaired) electrons. The first-order valence-corrected chi connectivity index (χ1v) is 7.89. The zero-order valence-corrected chi connectivity index (χ0v) is 12.9. The number of rotatable bonds is 5. The van der Waals surface area contributed by atoms with Crippen molar-refractivity contribution in [2.75, 3.05) is 0 Å². The van der Waals surface area contributed by atoms with E-state index in [2.05, 4.69) is 48.8 Å². The van der Waals surface area contributed by atoms with Crippen LogP contribution in [0.5, 0.6) is 0 Å². The summed E-state index contributed by atoms with van der Waals surface area (Å²) in [6.07, 6.45) is 10.4. The van der Waals surface area contributed by atoms with Gasteiger partial charge in [0.15, 0.2) is 0 Å². The molecule has 3 heteroatoms. The van der Waals surface area contributed by atoms with Crippen LogP contribution in [0.2, 0.25) is 0 Å². The maximum atomic E-state index is 4.40. The Balaban J connectivity index is 2.08. The Morgan fingerprint density at radius 1 is 1.42 bits per heavy atom. The fraction of sp³-hybridized carbons (Fsp3) is 0.812. The van der Waals surface area contributed by atoms with Crippen LogP contribution in [0.3, 0.4) is 0 Å². The lowest BCUT2D eigenvalue weighted by atomic mass is 9.96. The van der Waals surface area contributed by atoms with Crippen LogP contribution in [0.15, 0.2) is 12.5 Å². The molecule has 1 aromatic rings. The van der Waals surface area contributed by atoms with E-state index in [0.29, 0.717) is 18.1 Å². The molecule has 0 bridgehead atoms. The highest BCUT2D eigenvalue weighted by Gasteiger charge is 2.23. The van der Waals surface area contributed by atoms with Crippen LogP contribution in [0.4, 0.5) is 0 Å². The minimum absolute atomic E-state index is 0.491. The molecule has 2 rings (SSSR count). The van der Waals surface area contributed by atoms with Gasteiger partial charge in [-0.2, -0.15) is 0 Å². The van der Waals surface area contributed by atoms with Gasteiger partial charge in [-0.3, -0.25) is 0 Å². The summed E-state index contributed by atoms with van der Waals surface area (Å²) in [5.74, 6) is 0.781. The van der Waals surface area contributed by atoms with Gasteiger partial charge < -0.3 is 9.88 Å². The molecule has 0 aromatic carbocycles. The largest absolute Gasteiger partial charge is 0.330 e. The predicted octanol–water partition coefficient (Wildman–Crippen LogP) is 4.08. The molecule has 1 aromatic heterocycles. The van der Waals surface area contributed by atoms with Crippen molar-refractivity contribution in [1.82, 2.24) is 14.9 Å². The van der Waals surface area contributed by atoms with E-state index in [-0.39, 0.29) is 0 Å². The lowest BCUT2D eigenvalue weighted by molar-refractivity contribution is 0.315.